The van der Waals surface area contributed by atoms with Crippen LogP contribution in [0.3, 0.4) is 0 Å². The molecule has 0 atom stereocenters. The largest absolute Gasteiger partial charge is 0.455 e. The zero-order chi connectivity index (χ0) is 34.0. The second-order valence-electron chi connectivity index (χ2n) is 14.1. The van der Waals surface area contributed by atoms with E-state index in [1.165, 1.54) is 50.1 Å². The molecule has 0 saturated carbocycles. The summed E-state index contributed by atoms with van der Waals surface area (Å²) in [6.07, 6.45) is 0. The second-order valence-corrected chi connectivity index (χ2v) is 14.1. The van der Waals surface area contributed by atoms with Crippen molar-refractivity contribution < 1.29 is 4.42 Å². The lowest BCUT2D eigenvalue weighted by Crippen LogP contribution is -2.25. The Balaban J connectivity index is 1.18. The van der Waals surface area contributed by atoms with Crippen molar-refractivity contribution in [3.63, 3.8) is 0 Å². The third-order valence-electron chi connectivity index (χ3n) is 11.7. The maximum absolute atomic E-state index is 7.20. The fourth-order valence-corrected chi connectivity index (χ4v) is 9.69. The minimum atomic E-state index is -0.396. The smallest absolute Gasteiger partial charge is 0.144 e. The van der Waals surface area contributed by atoms with Gasteiger partial charge >= 0.3 is 0 Å². The number of pyridine rings is 1. The van der Waals surface area contributed by atoms with E-state index in [1.807, 2.05) is 0 Å². The van der Waals surface area contributed by atoms with Gasteiger partial charge in [-0.15, -0.1) is 0 Å². The van der Waals surface area contributed by atoms with Gasteiger partial charge in [-0.3, -0.25) is 0 Å². The van der Waals surface area contributed by atoms with Gasteiger partial charge in [0.2, 0.25) is 0 Å². The van der Waals surface area contributed by atoms with Crippen LogP contribution < -0.4 is 0 Å². The third-order valence-corrected chi connectivity index (χ3v) is 11.7. The molecule has 240 valence electrons. The lowest BCUT2D eigenvalue weighted by atomic mass is 9.70. The Morgan fingerprint density at radius 3 is 1.69 bits per heavy atom. The van der Waals surface area contributed by atoms with Crippen LogP contribution in [0.2, 0.25) is 0 Å². The van der Waals surface area contributed by atoms with Crippen molar-refractivity contribution >= 4 is 43.6 Å². The monoisotopic (exact) mass is 659 g/mol. The highest BCUT2D eigenvalue weighted by Crippen LogP contribution is 2.64. The van der Waals surface area contributed by atoms with Crippen molar-refractivity contribution in [3.05, 3.63) is 198 Å². The van der Waals surface area contributed by atoms with Crippen LogP contribution in [0.4, 0.5) is 0 Å². The van der Waals surface area contributed by atoms with Crippen LogP contribution in [0, 0.1) is 0 Å². The first-order chi connectivity index (χ1) is 25.8. The summed E-state index contributed by atoms with van der Waals surface area (Å²) >= 11 is 0. The number of hydrogen-bond acceptors (Lipinski definition) is 2. The van der Waals surface area contributed by atoms with Crippen molar-refractivity contribution in [2.75, 3.05) is 0 Å². The van der Waals surface area contributed by atoms with Gasteiger partial charge in [-0.1, -0.05) is 164 Å². The molecule has 0 N–H and O–H groups in total. The van der Waals surface area contributed by atoms with E-state index >= 15 is 0 Å². The van der Waals surface area contributed by atoms with Gasteiger partial charge in [0.1, 0.15) is 11.2 Å². The number of furan rings is 1. The molecule has 0 unspecified atom stereocenters. The van der Waals surface area contributed by atoms with Crippen LogP contribution in [-0.2, 0) is 5.41 Å². The van der Waals surface area contributed by atoms with Crippen molar-refractivity contribution in [2.24, 2.45) is 0 Å². The maximum Gasteiger partial charge on any atom is 0.144 e. The summed E-state index contributed by atoms with van der Waals surface area (Å²) in [5.41, 5.74) is 17.3. The van der Waals surface area contributed by atoms with Gasteiger partial charge in [0.25, 0.3) is 0 Å². The molecule has 2 nitrogen and oxygen atoms in total. The van der Waals surface area contributed by atoms with Gasteiger partial charge in [-0.25, -0.2) is 4.98 Å². The summed E-state index contributed by atoms with van der Waals surface area (Å²) in [5.74, 6) is 0. The molecule has 8 aromatic carbocycles. The van der Waals surface area contributed by atoms with E-state index in [9.17, 15) is 0 Å². The van der Waals surface area contributed by atoms with Crippen LogP contribution in [0.1, 0.15) is 22.3 Å². The van der Waals surface area contributed by atoms with Crippen molar-refractivity contribution in [2.45, 2.75) is 5.41 Å². The molecular weight excluding hydrogens is 631 g/mol. The van der Waals surface area contributed by atoms with Crippen molar-refractivity contribution in [3.8, 4) is 44.6 Å². The summed E-state index contributed by atoms with van der Waals surface area (Å²) in [4.78, 5) is 5.19. The van der Waals surface area contributed by atoms with Crippen LogP contribution in [-0.4, -0.2) is 4.98 Å². The minimum Gasteiger partial charge on any atom is -0.455 e. The molecule has 0 fully saturated rings. The summed E-state index contributed by atoms with van der Waals surface area (Å²) in [5, 5.41) is 5.52. The molecule has 2 aromatic heterocycles. The van der Waals surface area contributed by atoms with Crippen LogP contribution in [0.5, 0.6) is 0 Å². The second kappa shape index (κ2) is 10.2. The molecule has 2 aliphatic carbocycles. The average molecular weight is 660 g/mol. The highest BCUT2D eigenvalue weighted by Gasteiger charge is 2.52. The molecule has 52 heavy (non-hydrogen) atoms. The molecule has 0 radical (unpaired) electrons. The van der Waals surface area contributed by atoms with E-state index < -0.39 is 5.41 Å². The zero-order valence-electron chi connectivity index (χ0n) is 28.1. The van der Waals surface area contributed by atoms with Crippen molar-refractivity contribution in [1.82, 2.24) is 4.98 Å². The Labute approximate surface area is 300 Å². The molecule has 0 aliphatic heterocycles. The minimum absolute atomic E-state index is 0.396. The number of nitrogens with zero attached hydrogens (tertiary/aromatic N) is 1. The summed E-state index contributed by atoms with van der Waals surface area (Å²) in [6.45, 7) is 0. The first-order valence-electron chi connectivity index (χ1n) is 18.0. The molecule has 0 saturated heterocycles. The first kappa shape index (κ1) is 28.0. The standard InChI is InChI=1S/C50H29NO/c1-2-14-30(15-3-1)47-39-29-28-36-35-22-12-21-34(48(35)52-49(36)46(39)38-19-7-11-27-44(38)51-47)33-20-13-26-43-45(33)37-18-6-10-25-42(37)50(43)40-23-8-4-16-31(40)32-17-5-9-24-41(32)50/h1-29H. The van der Waals surface area contributed by atoms with Gasteiger partial charge in [0.15, 0.2) is 0 Å². The van der Waals surface area contributed by atoms with Crippen LogP contribution in [0.15, 0.2) is 180 Å². The molecule has 0 bridgehead atoms. The SMILES string of the molecule is c1ccc(-c2nc3ccccc3c3c2ccc2c4cccc(-c5cccc6c5-c5ccccc5C65c6ccccc6-c6ccccc65)c4oc23)cc1. The van der Waals surface area contributed by atoms with Gasteiger partial charge in [0, 0.05) is 38.1 Å². The Kier molecular flexibility index (Phi) is 5.46. The average Bonchev–Trinajstić information content (AvgIpc) is 3.85. The zero-order valence-corrected chi connectivity index (χ0v) is 28.1. The number of para-hydroxylation sites is 2. The Bertz CT molecular complexity index is 3090. The fraction of sp³-hybridized carbons (Fsp3) is 0.0200. The topological polar surface area (TPSA) is 26.0 Å². The Morgan fingerprint density at radius 1 is 0.365 bits per heavy atom. The molecule has 2 heteroatoms. The quantitative estimate of drug-likeness (QED) is 0.173. The number of benzene rings is 8. The highest BCUT2D eigenvalue weighted by atomic mass is 16.3. The molecular formula is C50H29NO. The van der Waals surface area contributed by atoms with E-state index in [1.54, 1.807) is 0 Å². The Hall–Kier alpha value is -6.77. The number of fused-ring (bicyclic) bond motifs is 17. The third kappa shape index (κ3) is 3.42. The summed E-state index contributed by atoms with van der Waals surface area (Å²) in [6, 6.07) is 63.9. The van der Waals surface area contributed by atoms with E-state index in [0.717, 1.165) is 60.4 Å². The van der Waals surface area contributed by atoms with Gasteiger partial charge < -0.3 is 4.42 Å². The predicted molar refractivity (Wildman–Crippen MR) is 214 cm³/mol. The number of aromatic nitrogens is 1. The van der Waals surface area contributed by atoms with E-state index in [4.69, 9.17) is 9.40 Å². The normalized spacial score (nSPS) is 13.5. The summed E-state index contributed by atoms with van der Waals surface area (Å²) in [7, 11) is 0. The van der Waals surface area contributed by atoms with Gasteiger partial charge in [0.05, 0.1) is 16.6 Å². The molecule has 0 amide bonds. The number of hydrogen-bond donors (Lipinski definition) is 0. The maximum atomic E-state index is 7.20. The number of rotatable bonds is 2. The van der Waals surface area contributed by atoms with E-state index in [-0.39, 0.29) is 0 Å². The molecule has 2 aliphatic rings. The first-order valence-corrected chi connectivity index (χ1v) is 18.0. The molecule has 10 aromatic rings. The lowest BCUT2D eigenvalue weighted by molar-refractivity contribution is 0.674. The molecule has 12 rings (SSSR count). The predicted octanol–water partition coefficient (Wildman–Crippen LogP) is 13.0. The van der Waals surface area contributed by atoms with Crippen LogP contribution in [0.25, 0.3) is 88.3 Å². The Morgan fingerprint density at radius 2 is 0.904 bits per heavy atom. The highest BCUT2D eigenvalue weighted by molar-refractivity contribution is 6.25. The molecule has 1 spiro atoms. The summed E-state index contributed by atoms with van der Waals surface area (Å²) < 4.78 is 7.20. The van der Waals surface area contributed by atoms with E-state index in [2.05, 4.69) is 176 Å². The van der Waals surface area contributed by atoms with Gasteiger partial charge in [-0.2, -0.15) is 0 Å². The lowest BCUT2D eigenvalue weighted by Gasteiger charge is -2.30. The molecule has 2 heterocycles. The van der Waals surface area contributed by atoms with Crippen LogP contribution >= 0.6 is 0 Å². The van der Waals surface area contributed by atoms with Crippen molar-refractivity contribution in [1.29, 1.82) is 0 Å². The van der Waals surface area contributed by atoms with Gasteiger partial charge in [-0.05, 0) is 62.2 Å². The fourth-order valence-electron chi connectivity index (χ4n) is 9.69. The van der Waals surface area contributed by atoms with E-state index in [0.29, 0.717) is 0 Å².